The molecule has 0 spiro atoms. The molecule has 3 N–H and O–H groups in total. The lowest BCUT2D eigenvalue weighted by Gasteiger charge is -2.23. The summed E-state index contributed by atoms with van der Waals surface area (Å²) in [7, 11) is 0. The van der Waals surface area contributed by atoms with Gasteiger partial charge in [-0.2, -0.15) is 0 Å². The van der Waals surface area contributed by atoms with E-state index >= 15 is 0 Å². The van der Waals surface area contributed by atoms with Crippen LogP contribution in [-0.4, -0.2) is 27.5 Å². The van der Waals surface area contributed by atoms with Gasteiger partial charge in [0.2, 0.25) is 0 Å². The second-order valence-corrected chi connectivity index (χ2v) is 4.06. The summed E-state index contributed by atoms with van der Waals surface area (Å²) in [6.45, 7) is 2.02. The SMILES string of the molecule is CCCCC(O)C(O)C(O)c1ccccc1. The number of aliphatic hydroxyl groups is 3. The summed E-state index contributed by atoms with van der Waals surface area (Å²) in [5, 5.41) is 29.3. The zero-order chi connectivity index (χ0) is 12.0. The summed E-state index contributed by atoms with van der Waals surface area (Å²) in [6, 6.07) is 8.91. The van der Waals surface area contributed by atoms with Crippen LogP contribution < -0.4 is 0 Å². The number of hydrogen-bond acceptors (Lipinski definition) is 3. The normalized spacial score (nSPS) is 16.8. The number of hydrogen-bond donors (Lipinski definition) is 3. The standard InChI is InChI=1S/C13H20O3/c1-2-3-9-11(14)13(16)12(15)10-7-5-4-6-8-10/h4-8,11-16H,2-3,9H2,1H3. The van der Waals surface area contributed by atoms with Crippen LogP contribution in [0.3, 0.4) is 0 Å². The van der Waals surface area contributed by atoms with Gasteiger partial charge in [0, 0.05) is 0 Å². The van der Waals surface area contributed by atoms with Crippen LogP contribution in [0.2, 0.25) is 0 Å². The molecule has 1 rings (SSSR count). The largest absolute Gasteiger partial charge is 0.390 e. The number of aliphatic hydroxyl groups excluding tert-OH is 3. The lowest BCUT2D eigenvalue weighted by atomic mass is 9.97. The molecule has 3 nitrogen and oxygen atoms in total. The maximum absolute atomic E-state index is 9.85. The van der Waals surface area contributed by atoms with Crippen LogP contribution in [0.4, 0.5) is 0 Å². The van der Waals surface area contributed by atoms with Crippen molar-refractivity contribution in [1.82, 2.24) is 0 Å². The van der Waals surface area contributed by atoms with Crippen molar-refractivity contribution in [1.29, 1.82) is 0 Å². The Morgan fingerprint density at radius 2 is 1.69 bits per heavy atom. The van der Waals surface area contributed by atoms with Crippen LogP contribution >= 0.6 is 0 Å². The molecule has 0 amide bonds. The molecular weight excluding hydrogens is 204 g/mol. The molecule has 1 aromatic rings. The van der Waals surface area contributed by atoms with E-state index in [1.165, 1.54) is 0 Å². The molecule has 16 heavy (non-hydrogen) atoms. The first-order chi connectivity index (χ1) is 7.66. The van der Waals surface area contributed by atoms with E-state index in [4.69, 9.17) is 0 Å². The maximum Gasteiger partial charge on any atom is 0.110 e. The first-order valence-corrected chi connectivity index (χ1v) is 5.76. The second kappa shape index (κ2) is 6.63. The molecule has 1 aromatic carbocycles. The maximum atomic E-state index is 9.85. The van der Waals surface area contributed by atoms with Crippen molar-refractivity contribution < 1.29 is 15.3 Å². The van der Waals surface area contributed by atoms with E-state index in [1.54, 1.807) is 24.3 Å². The molecule has 0 fully saturated rings. The van der Waals surface area contributed by atoms with E-state index in [2.05, 4.69) is 0 Å². The minimum Gasteiger partial charge on any atom is -0.390 e. The third-order valence-corrected chi connectivity index (χ3v) is 2.71. The van der Waals surface area contributed by atoms with Crippen molar-refractivity contribution in [3.8, 4) is 0 Å². The average Bonchev–Trinajstić information content (AvgIpc) is 2.35. The molecule has 0 bridgehead atoms. The zero-order valence-electron chi connectivity index (χ0n) is 9.58. The van der Waals surface area contributed by atoms with Gasteiger partial charge < -0.3 is 15.3 Å². The van der Waals surface area contributed by atoms with Gasteiger partial charge in [0.25, 0.3) is 0 Å². The van der Waals surface area contributed by atoms with Crippen LogP contribution in [0, 0.1) is 0 Å². The van der Waals surface area contributed by atoms with Gasteiger partial charge >= 0.3 is 0 Å². The second-order valence-electron chi connectivity index (χ2n) is 4.06. The first-order valence-electron chi connectivity index (χ1n) is 5.76. The van der Waals surface area contributed by atoms with Gasteiger partial charge in [-0.1, -0.05) is 50.1 Å². The Labute approximate surface area is 96.4 Å². The van der Waals surface area contributed by atoms with E-state index in [9.17, 15) is 15.3 Å². The van der Waals surface area contributed by atoms with E-state index < -0.39 is 18.3 Å². The predicted octanol–water partition coefficient (Wildman–Crippen LogP) is 1.63. The highest BCUT2D eigenvalue weighted by atomic mass is 16.4. The van der Waals surface area contributed by atoms with Crippen LogP contribution in [0.15, 0.2) is 30.3 Å². The van der Waals surface area contributed by atoms with Gasteiger partial charge in [0.15, 0.2) is 0 Å². The predicted molar refractivity (Wildman–Crippen MR) is 62.9 cm³/mol. The summed E-state index contributed by atoms with van der Waals surface area (Å²) in [5.41, 5.74) is 0.630. The topological polar surface area (TPSA) is 60.7 Å². The third kappa shape index (κ3) is 3.59. The van der Waals surface area contributed by atoms with Crippen LogP contribution in [0.1, 0.15) is 37.9 Å². The Kier molecular flexibility index (Phi) is 5.46. The van der Waals surface area contributed by atoms with Gasteiger partial charge in [-0.3, -0.25) is 0 Å². The Morgan fingerprint density at radius 1 is 1.06 bits per heavy atom. The van der Waals surface area contributed by atoms with Gasteiger partial charge in [0.1, 0.15) is 12.2 Å². The highest BCUT2D eigenvalue weighted by molar-refractivity contribution is 5.18. The van der Waals surface area contributed by atoms with Crippen LogP contribution in [0.5, 0.6) is 0 Å². The monoisotopic (exact) mass is 224 g/mol. The minimum atomic E-state index is -1.12. The Hall–Kier alpha value is -0.900. The highest BCUT2D eigenvalue weighted by Crippen LogP contribution is 2.20. The van der Waals surface area contributed by atoms with Gasteiger partial charge in [-0.25, -0.2) is 0 Å². The number of benzene rings is 1. The zero-order valence-corrected chi connectivity index (χ0v) is 9.58. The summed E-state index contributed by atoms with van der Waals surface area (Å²) in [6.07, 6.45) is -0.677. The molecule has 0 saturated carbocycles. The molecule has 90 valence electrons. The first kappa shape index (κ1) is 13.2. The number of rotatable bonds is 6. The molecule has 0 aliphatic carbocycles. The molecule has 0 aliphatic heterocycles. The number of unbranched alkanes of at least 4 members (excludes halogenated alkanes) is 1. The lowest BCUT2D eigenvalue weighted by molar-refractivity contribution is -0.0637. The Morgan fingerprint density at radius 3 is 2.25 bits per heavy atom. The fourth-order valence-corrected chi connectivity index (χ4v) is 1.64. The average molecular weight is 224 g/mol. The summed E-state index contributed by atoms with van der Waals surface area (Å²) in [5.74, 6) is 0. The fourth-order valence-electron chi connectivity index (χ4n) is 1.64. The summed E-state index contributed by atoms with van der Waals surface area (Å²) >= 11 is 0. The van der Waals surface area contributed by atoms with Crippen molar-refractivity contribution in [2.24, 2.45) is 0 Å². The van der Waals surface area contributed by atoms with E-state index in [0.717, 1.165) is 12.8 Å². The van der Waals surface area contributed by atoms with Crippen molar-refractivity contribution in [2.45, 2.75) is 44.5 Å². The molecule has 3 unspecified atom stereocenters. The van der Waals surface area contributed by atoms with Gasteiger partial charge in [0.05, 0.1) is 6.10 Å². The van der Waals surface area contributed by atoms with E-state index in [0.29, 0.717) is 12.0 Å². The summed E-state index contributed by atoms with van der Waals surface area (Å²) in [4.78, 5) is 0. The van der Waals surface area contributed by atoms with Crippen LogP contribution in [-0.2, 0) is 0 Å². The molecule has 0 aliphatic rings. The summed E-state index contributed by atoms with van der Waals surface area (Å²) < 4.78 is 0. The quantitative estimate of drug-likeness (QED) is 0.688. The minimum absolute atomic E-state index is 0.515. The molecule has 0 radical (unpaired) electrons. The smallest absolute Gasteiger partial charge is 0.110 e. The molecule has 0 aromatic heterocycles. The highest BCUT2D eigenvalue weighted by Gasteiger charge is 2.25. The third-order valence-electron chi connectivity index (χ3n) is 2.71. The molecular formula is C13H20O3. The molecule has 0 heterocycles. The van der Waals surface area contributed by atoms with Crippen LogP contribution in [0.25, 0.3) is 0 Å². The van der Waals surface area contributed by atoms with E-state index in [-0.39, 0.29) is 0 Å². The van der Waals surface area contributed by atoms with Crippen molar-refractivity contribution in [3.63, 3.8) is 0 Å². The Bertz CT molecular complexity index is 286. The molecule has 3 heteroatoms. The Balaban J connectivity index is 2.56. The molecule has 0 saturated heterocycles. The molecule has 3 atom stereocenters. The fraction of sp³-hybridized carbons (Fsp3) is 0.538. The van der Waals surface area contributed by atoms with Crippen molar-refractivity contribution in [3.05, 3.63) is 35.9 Å². The van der Waals surface area contributed by atoms with Gasteiger partial charge in [-0.05, 0) is 12.0 Å². The van der Waals surface area contributed by atoms with Crippen molar-refractivity contribution >= 4 is 0 Å². The van der Waals surface area contributed by atoms with Gasteiger partial charge in [-0.15, -0.1) is 0 Å². The van der Waals surface area contributed by atoms with E-state index in [1.807, 2.05) is 13.0 Å². The van der Waals surface area contributed by atoms with Crippen molar-refractivity contribution in [2.75, 3.05) is 0 Å². The lowest BCUT2D eigenvalue weighted by Crippen LogP contribution is -2.32.